The molecule has 0 radical (unpaired) electrons. The van der Waals surface area contributed by atoms with Gasteiger partial charge in [0.2, 0.25) is 5.91 Å². The Morgan fingerprint density at radius 2 is 1.88 bits per heavy atom. The Bertz CT molecular complexity index is 641. The molecule has 1 aromatic carbocycles. The standard InChI is InChI=1S/C19H24N2O3/c1-14-6-5-11-20(12-14)18(22)16-9-10-17(19(23)24)21(16)13-15-7-3-2-4-8-15/h2-4,6-8,16-17H,5,9-13H2,1H3,(H,23,24). The van der Waals surface area contributed by atoms with Crippen LogP contribution in [-0.4, -0.2) is 52.0 Å². The molecular formula is C19H24N2O3. The normalized spacial score (nSPS) is 24.7. The van der Waals surface area contributed by atoms with E-state index in [2.05, 4.69) is 6.08 Å². The minimum Gasteiger partial charge on any atom is -0.480 e. The van der Waals surface area contributed by atoms with E-state index in [0.29, 0.717) is 25.9 Å². The van der Waals surface area contributed by atoms with Crippen molar-refractivity contribution in [2.45, 2.75) is 44.8 Å². The summed E-state index contributed by atoms with van der Waals surface area (Å²) in [4.78, 5) is 28.3. The number of amides is 1. The van der Waals surface area contributed by atoms with Crippen LogP contribution in [0.5, 0.6) is 0 Å². The Balaban J connectivity index is 1.78. The Morgan fingerprint density at radius 1 is 1.17 bits per heavy atom. The second-order valence-electron chi connectivity index (χ2n) is 6.70. The first-order valence-corrected chi connectivity index (χ1v) is 8.53. The topological polar surface area (TPSA) is 60.9 Å². The van der Waals surface area contributed by atoms with Crippen LogP contribution in [0.25, 0.3) is 0 Å². The highest BCUT2D eigenvalue weighted by Crippen LogP contribution is 2.28. The van der Waals surface area contributed by atoms with Gasteiger partial charge in [0, 0.05) is 19.6 Å². The molecule has 0 spiro atoms. The number of carbonyl (C=O) groups excluding carboxylic acids is 1. The van der Waals surface area contributed by atoms with Crippen LogP contribution in [0.3, 0.4) is 0 Å². The molecule has 1 amide bonds. The fourth-order valence-corrected chi connectivity index (χ4v) is 3.72. The van der Waals surface area contributed by atoms with Crippen LogP contribution < -0.4 is 0 Å². The fraction of sp³-hybridized carbons (Fsp3) is 0.474. The number of hydrogen-bond acceptors (Lipinski definition) is 3. The van der Waals surface area contributed by atoms with Crippen molar-refractivity contribution >= 4 is 11.9 Å². The predicted molar refractivity (Wildman–Crippen MR) is 91.4 cm³/mol. The van der Waals surface area contributed by atoms with Gasteiger partial charge < -0.3 is 10.0 Å². The van der Waals surface area contributed by atoms with Gasteiger partial charge in [-0.3, -0.25) is 14.5 Å². The molecule has 0 saturated carbocycles. The van der Waals surface area contributed by atoms with E-state index in [-0.39, 0.29) is 11.9 Å². The maximum Gasteiger partial charge on any atom is 0.320 e. The van der Waals surface area contributed by atoms with Crippen LogP contribution in [0.4, 0.5) is 0 Å². The van der Waals surface area contributed by atoms with Crippen molar-refractivity contribution < 1.29 is 14.7 Å². The molecule has 0 bridgehead atoms. The van der Waals surface area contributed by atoms with E-state index in [1.807, 2.05) is 47.1 Å². The van der Waals surface area contributed by atoms with Crippen molar-refractivity contribution in [1.82, 2.24) is 9.80 Å². The molecule has 1 aromatic rings. The van der Waals surface area contributed by atoms with Crippen LogP contribution in [0.2, 0.25) is 0 Å². The van der Waals surface area contributed by atoms with Crippen LogP contribution in [0.1, 0.15) is 31.7 Å². The van der Waals surface area contributed by atoms with Crippen molar-refractivity contribution in [3.8, 4) is 0 Å². The molecular weight excluding hydrogens is 304 g/mol. The zero-order chi connectivity index (χ0) is 17.1. The number of nitrogens with zero attached hydrogens (tertiary/aromatic N) is 2. The first-order chi connectivity index (χ1) is 11.6. The van der Waals surface area contributed by atoms with Gasteiger partial charge in [-0.2, -0.15) is 0 Å². The molecule has 2 unspecified atom stereocenters. The Labute approximate surface area is 142 Å². The number of rotatable bonds is 4. The second kappa shape index (κ2) is 7.18. The third-order valence-corrected chi connectivity index (χ3v) is 4.94. The molecule has 5 heteroatoms. The van der Waals surface area contributed by atoms with Gasteiger partial charge in [-0.15, -0.1) is 0 Å². The Kier molecular flexibility index (Phi) is 5.00. The summed E-state index contributed by atoms with van der Waals surface area (Å²) in [6.07, 6.45) is 4.19. The summed E-state index contributed by atoms with van der Waals surface area (Å²) < 4.78 is 0. The molecule has 0 aliphatic carbocycles. The summed E-state index contributed by atoms with van der Waals surface area (Å²) in [5.41, 5.74) is 2.25. The molecule has 2 aliphatic rings. The van der Waals surface area contributed by atoms with Crippen LogP contribution in [0.15, 0.2) is 42.0 Å². The van der Waals surface area contributed by atoms with Gasteiger partial charge >= 0.3 is 5.97 Å². The first-order valence-electron chi connectivity index (χ1n) is 8.53. The number of hydrogen-bond donors (Lipinski definition) is 1. The average Bonchev–Trinajstić information content (AvgIpc) is 2.99. The van der Waals surface area contributed by atoms with Gasteiger partial charge in [0.05, 0.1) is 6.04 Å². The second-order valence-corrected chi connectivity index (χ2v) is 6.70. The van der Waals surface area contributed by atoms with E-state index in [9.17, 15) is 14.7 Å². The van der Waals surface area contributed by atoms with Gasteiger partial charge in [-0.25, -0.2) is 0 Å². The molecule has 128 valence electrons. The number of aliphatic carboxylic acids is 1. The van der Waals surface area contributed by atoms with Gasteiger partial charge in [0.25, 0.3) is 0 Å². The molecule has 24 heavy (non-hydrogen) atoms. The monoisotopic (exact) mass is 328 g/mol. The smallest absolute Gasteiger partial charge is 0.320 e. The van der Waals surface area contributed by atoms with E-state index in [1.165, 1.54) is 5.57 Å². The lowest BCUT2D eigenvalue weighted by Gasteiger charge is -2.33. The van der Waals surface area contributed by atoms with E-state index >= 15 is 0 Å². The third kappa shape index (κ3) is 3.51. The fourth-order valence-electron chi connectivity index (χ4n) is 3.72. The summed E-state index contributed by atoms with van der Waals surface area (Å²) in [5.74, 6) is -0.766. The van der Waals surface area contributed by atoms with E-state index in [1.54, 1.807) is 0 Å². The molecule has 1 N–H and O–H groups in total. The summed E-state index contributed by atoms with van der Waals surface area (Å²) in [6, 6.07) is 8.86. The van der Waals surface area contributed by atoms with Crippen LogP contribution in [-0.2, 0) is 16.1 Å². The largest absolute Gasteiger partial charge is 0.480 e. The highest BCUT2D eigenvalue weighted by atomic mass is 16.4. The first kappa shape index (κ1) is 16.7. The van der Waals surface area contributed by atoms with Gasteiger partial charge in [0.15, 0.2) is 0 Å². The van der Waals surface area contributed by atoms with Gasteiger partial charge in [-0.05, 0) is 31.7 Å². The Hall–Kier alpha value is -2.14. The molecule has 3 rings (SSSR count). The number of carboxylic acid groups (broad SMARTS) is 1. The zero-order valence-corrected chi connectivity index (χ0v) is 14.0. The lowest BCUT2D eigenvalue weighted by atomic mass is 10.1. The summed E-state index contributed by atoms with van der Waals surface area (Å²) in [6.45, 7) is 3.92. The minimum atomic E-state index is -0.837. The third-order valence-electron chi connectivity index (χ3n) is 4.94. The summed E-state index contributed by atoms with van der Waals surface area (Å²) >= 11 is 0. The number of carboxylic acids is 1. The molecule has 1 fully saturated rings. The Morgan fingerprint density at radius 3 is 2.54 bits per heavy atom. The predicted octanol–water partition coefficient (Wildman–Crippen LogP) is 2.28. The van der Waals surface area contributed by atoms with Crippen molar-refractivity contribution in [3.63, 3.8) is 0 Å². The number of carbonyl (C=O) groups is 2. The quantitative estimate of drug-likeness (QED) is 0.862. The van der Waals surface area contributed by atoms with Crippen molar-refractivity contribution in [2.75, 3.05) is 13.1 Å². The maximum absolute atomic E-state index is 13.0. The summed E-state index contributed by atoms with van der Waals surface area (Å²) in [5, 5.41) is 9.54. The lowest BCUT2D eigenvalue weighted by molar-refractivity contribution is -0.145. The van der Waals surface area contributed by atoms with E-state index in [4.69, 9.17) is 0 Å². The molecule has 2 heterocycles. The van der Waals surface area contributed by atoms with E-state index < -0.39 is 12.0 Å². The number of benzene rings is 1. The zero-order valence-electron chi connectivity index (χ0n) is 14.0. The van der Waals surface area contributed by atoms with Crippen molar-refractivity contribution in [1.29, 1.82) is 0 Å². The van der Waals surface area contributed by atoms with Crippen LogP contribution in [0, 0.1) is 0 Å². The van der Waals surface area contributed by atoms with Crippen molar-refractivity contribution in [2.24, 2.45) is 0 Å². The molecule has 0 aromatic heterocycles. The molecule has 2 aliphatic heterocycles. The highest BCUT2D eigenvalue weighted by Gasteiger charge is 2.42. The SMILES string of the molecule is CC1=CCCN(C(=O)C2CCC(C(=O)O)N2Cc2ccccc2)C1. The lowest BCUT2D eigenvalue weighted by Crippen LogP contribution is -2.50. The summed E-state index contributed by atoms with van der Waals surface area (Å²) in [7, 11) is 0. The van der Waals surface area contributed by atoms with E-state index in [0.717, 1.165) is 18.5 Å². The minimum absolute atomic E-state index is 0.0714. The highest BCUT2D eigenvalue weighted by molar-refractivity contribution is 5.84. The van der Waals surface area contributed by atoms with Crippen molar-refractivity contribution in [3.05, 3.63) is 47.5 Å². The van der Waals surface area contributed by atoms with Gasteiger partial charge in [-0.1, -0.05) is 42.0 Å². The maximum atomic E-state index is 13.0. The molecule has 2 atom stereocenters. The average molecular weight is 328 g/mol. The number of likely N-dealkylation sites (tertiary alicyclic amines) is 1. The molecule has 5 nitrogen and oxygen atoms in total. The van der Waals surface area contributed by atoms with Gasteiger partial charge in [0.1, 0.15) is 6.04 Å². The van der Waals surface area contributed by atoms with Crippen LogP contribution >= 0.6 is 0 Å². The molecule has 1 saturated heterocycles.